The molecule has 0 amide bonds. The zero-order valence-corrected chi connectivity index (χ0v) is 17.7. The largest absolute Gasteiger partial charge is 0.411 e. The van der Waals surface area contributed by atoms with Crippen LogP contribution >= 0.6 is 11.6 Å². The maximum absolute atomic E-state index is 12.7. The summed E-state index contributed by atoms with van der Waals surface area (Å²) >= 11 is 5.74. The number of benzene rings is 2. The average Bonchev–Trinajstić information content (AvgIpc) is 2.66. The molecular formula is C20H23ClF3NO3S. The van der Waals surface area contributed by atoms with Gasteiger partial charge in [0.05, 0.1) is 11.9 Å². The Morgan fingerprint density at radius 2 is 1.59 bits per heavy atom. The lowest BCUT2D eigenvalue weighted by Crippen LogP contribution is -2.34. The molecule has 0 saturated heterocycles. The number of likely N-dealkylation sites (N-methyl/N-ethyl adjacent to an activating group) is 1. The van der Waals surface area contributed by atoms with E-state index in [-0.39, 0.29) is 18.2 Å². The molecule has 4 nitrogen and oxygen atoms in total. The van der Waals surface area contributed by atoms with Gasteiger partial charge in [-0.25, -0.2) is 12.7 Å². The molecule has 0 bridgehead atoms. The first kappa shape index (κ1) is 23.7. The molecule has 1 atom stereocenters. The SMILES string of the molecule is Cc1ccc(CS(=O)(=O)N(C)CC(OCC(F)(F)F)c2ccc(CCl)cc2)cc1. The zero-order chi connectivity index (χ0) is 21.7. The molecule has 0 fully saturated rings. The third kappa shape index (κ3) is 7.62. The number of halogens is 4. The molecule has 2 rings (SSSR count). The summed E-state index contributed by atoms with van der Waals surface area (Å²) in [5.74, 6) is 0.0140. The summed E-state index contributed by atoms with van der Waals surface area (Å²) in [4.78, 5) is 0. The van der Waals surface area contributed by atoms with Gasteiger partial charge in [0.25, 0.3) is 0 Å². The standard InChI is InChI=1S/C20H23ClF3NO3S/c1-15-3-5-17(6-4-15)13-29(26,27)25(2)12-19(28-14-20(22,23)24)18-9-7-16(11-21)8-10-18/h3-10,19H,11-14H2,1-2H3. The lowest BCUT2D eigenvalue weighted by molar-refractivity contribution is -0.186. The number of aryl methyl sites for hydroxylation is 1. The molecule has 0 aromatic heterocycles. The van der Waals surface area contributed by atoms with Gasteiger partial charge in [0.15, 0.2) is 0 Å². The third-order valence-electron chi connectivity index (χ3n) is 4.32. The molecule has 160 valence electrons. The third-order valence-corrected chi connectivity index (χ3v) is 6.43. The van der Waals surface area contributed by atoms with Gasteiger partial charge in [-0.1, -0.05) is 54.1 Å². The van der Waals surface area contributed by atoms with Crippen molar-refractivity contribution in [2.24, 2.45) is 0 Å². The minimum absolute atomic E-state index is 0.246. The summed E-state index contributed by atoms with van der Waals surface area (Å²) in [5, 5.41) is 0. The van der Waals surface area contributed by atoms with Crippen LogP contribution in [-0.2, 0) is 26.4 Å². The summed E-state index contributed by atoms with van der Waals surface area (Å²) in [6.07, 6.45) is -5.59. The molecule has 2 aromatic rings. The molecule has 0 spiro atoms. The van der Waals surface area contributed by atoms with Gasteiger partial charge in [0.2, 0.25) is 10.0 Å². The van der Waals surface area contributed by atoms with E-state index in [2.05, 4.69) is 0 Å². The van der Waals surface area contributed by atoms with E-state index in [9.17, 15) is 21.6 Å². The minimum atomic E-state index is -4.52. The van der Waals surface area contributed by atoms with Crippen LogP contribution in [0.5, 0.6) is 0 Å². The second-order valence-electron chi connectivity index (χ2n) is 6.81. The van der Waals surface area contributed by atoms with Gasteiger partial charge < -0.3 is 4.74 Å². The van der Waals surface area contributed by atoms with Crippen molar-refractivity contribution in [3.05, 3.63) is 70.8 Å². The van der Waals surface area contributed by atoms with E-state index in [1.54, 1.807) is 48.5 Å². The Kier molecular flexibility index (Phi) is 8.10. The first-order chi connectivity index (χ1) is 13.5. The van der Waals surface area contributed by atoms with E-state index in [4.69, 9.17) is 16.3 Å². The van der Waals surface area contributed by atoms with Crippen molar-refractivity contribution in [1.82, 2.24) is 4.31 Å². The Labute approximate surface area is 174 Å². The Bertz CT molecular complexity index is 885. The van der Waals surface area contributed by atoms with Gasteiger partial charge in [-0.3, -0.25) is 0 Å². The van der Waals surface area contributed by atoms with Crippen molar-refractivity contribution in [2.45, 2.75) is 30.8 Å². The molecule has 9 heteroatoms. The Balaban J connectivity index is 2.17. The number of hydrogen-bond acceptors (Lipinski definition) is 3. The summed E-state index contributed by atoms with van der Waals surface area (Å²) < 4.78 is 69.4. The number of rotatable bonds is 9. The molecule has 2 aromatic carbocycles. The zero-order valence-electron chi connectivity index (χ0n) is 16.1. The van der Waals surface area contributed by atoms with Crippen LogP contribution in [0.3, 0.4) is 0 Å². The predicted molar refractivity (Wildman–Crippen MR) is 107 cm³/mol. The van der Waals surface area contributed by atoms with E-state index in [0.29, 0.717) is 11.1 Å². The number of nitrogens with zero attached hydrogens (tertiary/aromatic N) is 1. The van der Waals surface area contributed by atoms with Crippen LogP contribution in [0.4, 0.5) is 13.2 Å². The number of alkyl halides is 4. The molecule has 1 unspecified atom stereocenters. The minimum Gasteiger partial charge on any atom is -0.363 e. The number of ether oxygens (including phenoxy) is 1. The van der Waals surface area contributed by atoms with Crippen molar-refractivity contribution in [2.75, 3.05) is 20.2 Å². The molecule has 0 radical (unpaired) electrons. The predicted octanol–water partition coefficient (Wildman–Crippen LogP) is 4.82. The van der Waals surface area contributed by atoms with Crippen molar-refractivity contribution < 1.29 is 26.3 Å². The van der Waals surface area contributed by atoms with Gasteiger partial charge in [0.1, 0.15) is 6.61 Å². The Morgan fingerprint density at radius 1 is 1.03 bits per heavy atom. The van der Waals surface area contributed by atoms with Crippen LogP contribution in [0.1, 0.15) is 28.4 Å². The first-order valence-electron chi connectivity index (χ1n) is 8.83. The molecular weight excluding hydrogens is 427 g/mol. The summed E-state index contributed by atoms with van der Waals surface area (Å²) in [7, 11) is -2.41. The lowest BCUT2D eigenvalue weighted by Gasteiger charge is -2.25. The Hall–Kier alpha value is -1.61. The number of hydrogen-bond donors (Lipinski definition) is 0. The molecule has 0 aliphatic carbocycles. The second-order valence-corrected chi connectivity index (χ2v) is 9.16. The molecule has 29 heavy (non-hydrogen) atoms. The number of sulfonamides is 1. The van der Waals surface area contributed by atoms with Crippen LogP contribution in [0, 0.1) is 6.92 Å². The smallest absolute Gasteiger partial charge is 0.363 e. The van der Waals surface area contributed by atoms with Gasteiger partial charge in [-0.05, 0) is 23.6 Å². The Morgan fingerprint density at radius 3 is 2.10 bits per heavy atom. The first-order valence-corrected chi connectivity index (χ1v) is 11.0. The molecule has 0 aliphatic heterocycles. The fourth-order valence-electron chi connectivity index (χ4n) is 2.62. The molecule has 0 saturated carbocycles. The summed E-state index contributed by atoms with van der Waals surface area (Å²) in [5.41, 5.74) is 2.84. The van der Waals surface area contributed by atoms with Crippen molar-refractivity contribution >= 4 is 21.6 Å². The maximum atomic E-state index is 12.7. The van der Waals surface area contributed by atoms with Gasteiger partial charge in [0, 0.05) is 19.5 Å². The highest BCUT2D eigenvalue weighted by Gasteiger charge is 2.31. The van der Waals surface area contributed by atoms with Gasteiger partial charge in [-0.2, -0.15) is 13.2 Å². The fraction of sp³-hybridized carbons (Fsp3) is 0.400. The second kappa shape index (κ2) is 9.93. The highest BCUT2D eigenvalue weighted by atomic mass is 35.5. The maximum Gasteiger partial charge on any atom is 0.411 e. The van der Waals surface area contributed by atoms with Crippen LogP contribution < -0.4 is 0 Å². The normalized spacial score (nSPS) is 13.6. The highest BCUT2D eigenvalue weighted by molar-refractivity contribution is 7.88. The quantitative estimate of drug-likeness (QED) is 0.516. The van der Waals surface area contributed by atoms with Crippen molar-refractivity contribution in [1.29, 1.82) is 0 Å². The highest BCUT2D eigenvalue weighted by Crippen LogP contribution is 2.25. The van der Waals surface area contributed by atoms with E-state index >= 15 is 0 Å². The van der Waals surface area contributed by atoms with E-state index in [0.717, 1.165) is 15.4 Å². The molecule has 0 N–H and O–H groups in total. The van der Waals surface area contributed by atoms with E-state index in [1.165, 1.54) is 7.05 Å². The van der Waals surface area contributed by atoms with Gasteiger partial charge >= 0.3 is 6.18 Å². The summed E-state index contributed by atoms with van der Waals surface area (Å²) in [6.45, 7) is 0.174. The van der Waals surface area contributed by atoms with Gasteiger partial charge in [-0.15, -0.1) is 11.6 Å². The van der Waals surface area contributed by atoms with Crippen molar-refractivity contribution in [3.63, 3.8) is 0 Å². The fourth-order valence-corrected chi connectivity index (χ4v) is 4.00. The van der Waals surface area contributed by atoms with E-state index < -0.39 is 28.9 Å². The van der Waals surface area contributed by atoms with Crippen LogP contribution in [0.2, 0.25) is 0 Å². The summed E-state index contributed by atoms with van der Waals surface area (Å²) in [6, 6.07) is 13.6. The average molecular weight is 450 g/mol. The lowest BCUT2D eigenvalue weighted by atomic mass is 10.1. The molecule has 0 heterocycles. The monoisotopic (exact) mass is 449 g/mol. The van der Waals surface area contributed by atoms with E-state index in [1.807, 2.05) is 6.92 Å². The van der Waals surface area contributed by atoms with Crippen LogP contribution in [0.25, 0.3) is 0 Å². The van der Waals surface area contributed by atoms with Crippen LogP contribution in [0.15, 0.2) is 48.5 Å². The van der Waals surface area contributed by atoms with Crippen molar-refractivity contribution in [3.8, 4) is 0 Å². The topological polar surface area (TPSA) is 46.6 Å². The van der Waals surface area contributed by atoms with Crippen LogP contribution in [-0.4, -0.2) is 39.1 Å². The molecule has 0 aliphatic rings.